The molecular weight excluding hydrogens is 170 g/mol. The Balaban J connectivity index is 3.25. The monoisotopic (exact) mass is 181 g/mol. The van der Waals surface area contributed by atoms with Crippen LogP contribution in [0, 0.1) is 0 Å². The number of nitrogens with two attached hydrogens (primary N) is 1. The number of hydrogen-bond acceptors (Lipinski definition) is 2. The van der Waals surface area contributed by atoms with E-state index in [1.165, 1.54) is 5.54 Å². The van der Waals surface area contributed by atoms with Crippen LogP contribution in [0.1, 0.15) is 6.42 Å². The molecule has 0 fully saturated rings. The van der Waals surface area contributed by atoms with E-state index >= 15 is 0 Å². The van der Waals surface area contributed by atoms with Gasteiger partial charge in [0.05, 0.1) is 0 Å². The summed E-state index contributed by atoms with van der Waals surface area (Å²) < 4.78 is 10.9. The van der Waals surface area contributed by atoms with Crippen molar-refractivity contribution in [1.82, 2.24) is 0 Å². The topological polar surface area (TPSA) is 43.1 Å². The van der Waals surface area contributed by atoms with Crippen molar-refractivity contribution in [2.24, 2.45) is 5.73 Å². The lowest BCUT2D eigenvalue weighted by Gasteiger charge is -1.94. The van der Waals surface area contributed by atoms with Gasteiger partial charge in [0.15, 0.2) is 0 Å². The molecule has 0 aromatic carbocycles. The third-order valence-corrected chi connectivity index (χ3v) is 2.43. The second kappa shape index (κ2) is 7.25. The fourth-order valence-electron chi connectivity index (χ4n) is 0.471. The molecule has 0 bridgehead atoms. The van der Waals surface area contributed by atoms with E-state index < -0.39 is 10.8 Å². The molecule has 0 aliphatic rings. The molecule has 0 saturated heterocycles. The molecule has 10 heavy (non-hydrogen) atoms. The Labute approximate surface area is 68.9 Å². The second-order valence-electron chi connectivity index (χ2n) is 1.81. The predicted molar refractivity (Wildman–Crippen MR) is 46.5 cm³/mol. The van der Waals surface area contributed by atoms with E-state index in [0.29, 0.717) is 18.1 Å². The summed E-state index contributed by atoms with van der Waals surface area (Å²) in [6.45, 7) is 0.607. The van der Waals surface area contributed by atoms with E-state index in [2.05, 4.69) is 0 Å². The molecule has 0 aliphatic carbocycles. The van der Waals surface area contributed by atoms with Gasteiger partial charge in [0.2, 0.25) is 0 Å². The Bertz CT molecular complexity index is 127. The van der Waals surface area contributed by atoms with Crippen LogP contribution < -0.4 is 5.73 Å². The minimum atomic E-state index is -0.771. The van der Waals surface area contributed by atoms with Gasteiger partial charge in [-0.2, -0.15) is 0 Å². The van der Waals surface area contributed by atoms with Gasteiger partial charge in [-0.1, -0.05) is 17.7 Å². The average molecular weight is 182 g/mol. The van der Waals surface area contributed by atoms with Gasteiger partial charge >= 0.3 is 0 Å². The lowest BCUT2D eigenvalue weighted by atomic mass is 10.5. The van der Waals surface area contributed by atoms with Crippen molar-refractivity contribution in [2.75, 3.05) is 18.1 Å². The first-order chi connectivity index (χ1) is 4.81. The van der Waals surface area contributed by atoms with Gasteiger partial charge in [-0.25, -0.2) is 0 Å². The molecule has 0 amide bonds. The van der Waals surface area contributed by atoms with Gasteiger partial charge in [-0.15, -0.1) is 0 Å². The van der Waals surface area contributed by atoms with Crippen molar-refractivity contribution in [3.05, 3.63) is 11.6 Å². The molecule has 0 aliphatic heterocycles. The van der Waals surface area contributed by atoms with E-state index in [1.54, 1.807) is 6.08 Å². The maximum absolute atomic E-state index is 10.9. The highest BCUT2D eigenvalue weighted by Crippen LogP contribution is 1.88. The highest BCUT2D eigenvalue weighted by Gasteiger charge is 1.93. The standard InChI is InChI=1S/C6H12ClNOS/c7-3-1-5-10(9)6-2-4-8/h1,3H,2,4-6,8H2/b3-1-. The Kier molecular flexibility index (Phi) is 7.35. The first kappa shape index (κ1) is 10.1. The second-order valence-corrected chi connectivity index (χ2v) is 3.69. The van der Waals surface area contributed by atoms with Crippen LogP contribution in [0.25, 0.3) is 0 Å². The van der Waals surface area contributed by atoms with Crippen molar-refractivity contribution < 1.29 is 4.21 Å². The fraction of sp³-hybridized carbons (Fsp3) is 0.667. The molecule has 0 saturated carbocycles. The third-order valence-electron chi connectivity index (χ3n) is 0.947. The first-order valence-corrected chi connectivity index (χ1v) is 5.04. The van der Waals surface area contributed by atoms with Gasteiger partial charge in [0, 0.05) is 27.8 Å². The van der Waals surface area contributed by atoms with Crippen LogP contribution >= 0.6 is 11.6 Å². The quantitative estimate of drug-likeness (QED) is 0.683. The Morgan fingerprint density at radius 2 is 2.30 bits per heavy atom. The molecular formula is C6H12ClNOS. The van der Waals surface area contributed by atoms with Crippen LogP contribution in [0.3, 0.4) is 0 Å². The van der Waals surface area contributed by atoms with Crippen molar-refractivity contribution in [2.45, 2.75) is 6.42 Å². The van der Waals surface area contributed by atoms with Crippen LogP contribution in [-0.4, -0.2) is 22.3 Å². The summed E-state index contributed by atoms with van der Waals surface area (Å²) in [5.74, 6) is 1.22. The summed E-state index contributed by atoms with van der Waals surface area (Å²) in [6.07, 6.45) is 2.51. The third kappa shape index (κ3) is 6.26. The lowest BCUT2D eigenvalue weighted by molar-refractivity contribution is 0.682. The minimum Gasteiger partial charge on any atom is -0.330 e. The smallest absolute Gasteiger partial charge is 0.0426 e. The molecule has 0 radical (unpaired) electrons. The molecule has 0 aromatic rings. The zero-order valence-electron chi connectivity index (χ0n) is 5.75. The Morgan fingerprint density at radius 1 is 1.60 bits per heavy atom. The minimum absolute atomic E-state index is 0.545. The summed E-state index contributed by atoms with van der Waals surface area (Å²) in [7, 11) is -0.771. The van der Waals surface area contributed by atoms with Crippen LogP contribution in [-0.2, 0) is 10.8 Å². The van der Waals surface area contributed by atoms with Crippen molar-refractivity contribution in [3.8, 4) is 0 Å². The Morgan fingerprint density at radius 3 is 2.80 bits per heavy atom. The maximum atomic E-state index is 10.9. The van der Waals surface area contributed by atoms with E-state index in [-0.39, 0.29) is 0 Å². The van der Waals surface area contributed by atoms with Crippen molar-refractivity contribution in [1.29, 1.82) is 0 Å². The van der Waals surface area contributed by atoms with Crippen molar-refractivity contribution >= 4 is 22.4 Å². The zero-order valence-corrected chi connectivity index (χ0v) is 7.33. The number of rotatable bonds is 5. The molecule has 0 spiro atoms. The van der Waals surface area contributed by atoms with Gasteiger partial charge in [-0.05, 0) is 13.0 Å². The first-order valence-electron chi connectivity index (χ1n) is 3.11. The zero-order chi connectivity index (χ0) is 7.82. The molecule has 0 rings (SSSR count). The number of hydrogen-bond donors (Lipinski definition) is 1. The summed E-state index contributed by atoms with van der Waals surface area (Å²) in [5.41, 5.74) is 6.62. The highest BCUT2D eigenvalue weighted by atomic mass is 35.5. The Hall–Kier alpha value is 0.140. The molecule has 2 nitrogen and oxygen atoms in total. The van der Waals surface area contributed by atoms with E-state index in [9.17, 15) is 4.21 Å². The molecule has 60 valence electrons. The summed E-state index contributed by atoms with van der Waals surface area (Å²) in [6, 6.07) is 0. The molecule has 1 atom stereocenters. The fourth-order valence-corrected chi connectivity index (χ4v) is 1.63. The molecule has 0 heterocycles. The number of halogens is 1. The van der Waals surface area contributed by atoms with Crippen LogP contribution in [0.15, 0.2) is 11.6 Å². The average Bonchev–Trinajstić information content (AvgIpc) is 1.97. The lowest BCUT2D eigenvalue weighted by Crippen LogP contribution is -2.07. The summed E-state index contributed by atoms with van der Waals surface area (Å²) >= 11 is 5.24. The van der Waals surface area contributed by atoms with Crippen molar-refractivity contribution in [3.63, 3.8) is 0 Å². The maximum Gasteiger partial charge on any atom is 0.0426 e. The van der Waals surface area contributed by atoms with Crippen LogP contribution in [0.4, 0.5) is 0 Å². The van der Waals surface area contributed by atoms with Gasteiger partial charge in [-0.3, -0.25) is 4.21 Å². The van der Waals surface area contributed by atoms with Crippen LogP contribution in [0.5, 0.6) is 0 Å². The van der Waals surface area contributed by atoms with E-state index in [4.69, 9.17) is 17.3 Å². The molecule has 0 aromatic heterocycles. The summed E-state index contributed by atoms with van der Waals surface area (Å²) in [5, 5.41) is 0. The predicted octanol–water partition coefficient (Wildman–Crippen LogP) is 0.836. The SMILES string of the molecule is NCCCS(=O)C/C=C\Cl. The molecule has 4 heteroatoms. The van der Waals surface area contributed by atoms with Gasteiger partial charge in [0.25, 0.3) is 0 Å². The van der Waals surface area contributed by atoms with E-state index in [1.807, 2.05) is 0 Å². The van der Waals surface area contributed by atoms with E-state index in [0.717, 1.165) is 6.42 Å². The highest BCUT2D eigenvalue weighted by molar-refractivity contribution is 7.85. The van der Waals surface area contributed by atoms with Gasteiger partial charge < -0.3 is 5.73 Å². The molecule has 1 unspecified atom stereocenters. The normalized spacial score (nSPS) is 14.2. The largest absolute Gasteiger partial charge is 0.330 e. The molecule has 2 N–H and O–H groups in total. The van der Waals surface area contributed by atoms with Gasteiger partial charge in [0.1, 0.15) is 0 Å². The summed E-state index contributed by atoms with van der Waals surface area (Å²) in [4.78, 5) is 0. The van der Waals surface area contributed by atoms with Crippen LogP contribution in [0.2, 0.25) is 0 Å².